The highest BCUT2D eigenvalue weighted by molar-refractivity contribution is 5.70. The standard InChI is InChI=1S/C15H21FN2O3/c16-12-6-4-11(5-7-12)14-9-8-13(21-14)3-1-2-10-18(20)15(17)19/h4-7,13-14,20H,1-3,8-10H2,(H2,17,19). The van der Waals surface area contributed by atoms with Gasteiger partial charge in [-0.3, -0.25) is 5.21 Å². The maximum atomic E-state index is 12.9. The number of halogens is 1. The molecule has 2 rings (SSSR count). The van der Waals surface area contributed by atoms with E-state index in [2.05, 4.69) is 0 Å². The minimum Gasteiger partial charge on any atom is -0.370 e. The summed E-state index contributed by atoms with van der Waals surface area (Å²) in [5, 5.41) is 9.65. The van der Waals surface area contributed by atoms with Crippen molar-refractivity contribution in [3.8, 4) is 0 Å². The average Bonchev–Trinajstić information content (AvgIpc) is 2.93. The highest BCUT2D eigenvalue weighted by atomic mass is 19.1. The van der Waals surface area contributed by atoms with Crippen LogP contribution in [0.1, 0.15) is 43.8 Å². The summed E-state index contributed by atoms with van der Waals surface area (Å²) in [5.74, 6) is -0.240. The number of ether oxygens (including phenoxy) is 1. The van der Waals surface area contributed by atoms with Gasteiger partial charge in [0.1, 0.15) is 5.82 Å². The molecule has 2 amide bonds. The van der Waals surface area contributed by atoms with E-state index in [-0.39, 0.29) is 24.6 Å². The Morgan fingerprint density at radius 2 is 2.05 bits per heavy atom. The molecule has 5 nitrogen and oxygen atoms in total. The summed E-state index contributed by atoms with van der Waals surface area (Å²) in [4.78, 5) is 10.6. The molecule has 0 aromatic heterocycles. The van der Waals surface area contributed by atoms with Crippen LogP contribution in [0.4, 0.5) is 9.18 Å². The molecule has 1 fully saturated rings. The smallest absolute Gasteiger partial charge is 0.338 e. The van der Waals surface area contributed by atoms with Crippen molar-refractivity contribution in [2.75, 3.05) is 6.54 Å². The van der Waals surface area contributed by atoms with Crippen LogP contribution in [0.25, 0.3) is 0 Å². The first kappa shape index (κ1) is 15.7. The number of unbranched alkanes of at least 4 members (excludes halogenated alkanes) is 1. The summed E-state index contributed by atoms with van der Waals surface area (Å²) in [6.45, 7) is 0.240. The van der Waals surface area contributed by atoms with E-state index in [0.29, 0.717) is 11.5 Å². The van der Waals surface area contributed by atoms with Gasteiger partial charge < -0.3 is 10.5 Å². The van der Waals surface area contributed by atoms with Gasteiger partial charge in [0.05, 0.1) is 18.8 Å². The maximum absolute atomic E-state index is 12.9. The van der Waals surface area contributed by atoms with Gasteiger partial charge >= 0.3 is 6.03 Å². The van der Waals surface area contributed by atoms with Gasteiger partial charge in [0.2, 0.25) is 0 Å². The summed E-state index contributed by atoms with van der Waals surface area (Å²) in [5.41, 5.74) is 5.93. The molecule has 3 N–H and O–H groups in total. The van der Waals surface area contributed by atoms with Crippen LogP contribution in [0.15, 0.2) is 24.3 Å². The van der Waals surface area contributed by atoms with E-state index < -0.39 is 6.03 Å². The fourth-order valence-corrected chi connectivity index (χ4v) is 2.58. The van der Waals surface area contributed by atoms with Crippen molar-refractivity contribution in [2.45, 2.75) is 44.3 Å². The highest BCUT2D eigenvalue weighted by Crippen LogP contribution is 2.34. The second-order valence-corrected chi connectivity index (χ2v) is 5.33. The van der Waals surface area contributed by atoms with Gasteiger partial charge in [-0.2, -0.15) is 0 Å². The number of primary amides is 1. The Labute approximate surface area is 123 Å². The van der Waals surface area contributed by atoms with Crippen LogP contribution < -0.4 is 5.73 Å². The fourth-order valence-electron chi connectivity index (χ4n) is 2.58. The number of nitrogens with two attached hydrogens (primary N) is 1. The van der Waals surface area contributed by atoms with E-state index in [1.807, 2.05) is 0 Å². The number of hydrogen-bond donors (Lipinski definition) is 2. The molecule has 1 aliphatic heterocycles. The summed E-state index contributed by atoms with van der Waals surface area (Å²) in [6.07, 6.45) is 4.54. The monoisotopic (exact) mass is 296 g/mol. The van der Waals surface area contributed by atoms with Crippen LogP contribution in [0.5, 0.6) is 0 Å². The molecule has 1 aliphatic rings. The summed E-state index contributed by atoms with van der Waals surface area (Å²) >= 11 is 0. The number of carbonyl (C=O) groups excluding carboxylic acids is 1. The van der Waals surface area contributed by atoms with E-state index in [1.54, 1.807) is 12.1 Å². The normalized spacial score (nSPS) is 21.4. The number of nitrogens with zero attached hydrogens (tertiary/aromatic N) is 1. The van der Waals surface area contributed by atoms with Crippen molar-refractivity contribution in [1.82, 2.24) is 5.06 Å². The molecule has 0 spiro atoms. The molecule has 0 aliphatic carbocycles. The molecule has 1 aromatic carbocycles. The number of rotatable bonds is 6. The van der Waals surface area contributed by atoms with Crippen LogP contribution in [0, 0.1) is 5.82 Å². The van der Waals surface area contributed by atoms with Crippen molar-refractivity contribution in [3.63, 3.8) is 0 Å². The number of amides is 2. The Morgan fingerprint density at radius 3 is 2.71 bits per heavy atom. The van der Waals surface area contributed by atoms with Crippen LogP contribution in [-0.4, -0.2) is 29.0 Å². The Balaban J connectivity index is 1.68. The Hall–Kier alpha value is -1.66. The molecule has 0 bridgehead atoms. The van der Waals surface area contributed by atoms with Gasteiger partial charge in [0.15, 0.2) is 0 Å². The van der Waals surface area contributed by atoms with Crippen LogP contribution in [0.3, 0.4) is 0 Å². The second kappa shape index (κ2) is 7.38. The largest absolute Gasteiger partial charge is 0.370 e. The molecule has 116 valence electrons. The zero-order chi connectivity index (χ0) is 15.2. The lowest BCUT2D eigenvalue weighted by atomic mass is 10.0. The third-order valence-corrected chi connectivity index (χ3v) is 3.75. The quantitative estimate of drug-likeness (QED) is 0.481. The van der Waals surface area contributed by atoms with Crippen molar-refractivity contribution < 1.29 is 19.1 Å². The first-order chi connectivity index (χ1) is 10.1. The van der Waals surface area contributed by atoms with E-state index in [1.165, 1.54) is 12.1 Å². The number of urea groups is 1. The van der Waals surface area contributed by atoms with Gasteiger partial charge in [-0.05, 0) is 49.8 Å². The first-order valence-corrected chi connectivity index (χ1v) is 7.23. The minimum atomic E-state index is -0.830. The van der Waals surface area contributed by atoms with E-state index in [4.69, 9.17) is 15.7 Å². The predicted octanol–water partition coefficient (Wildman–Crippen LogP) is 2.99. The zero-order valence-corrected chi connectivity index (χ0v) is 11.9. The Bertz CT molecular complexity index is 466. The number of hydrogen-bond acceptors (Lipinski definition) is 3. The predicted molar refractivity (Wildman–Crippen MR) is 75.2 cm³/mol. The molecule has 2 unspecified atom stereocenters. The summed E-state index contributed by atoms with van der Waals surface area (Å²) < 4.78 is 18.8. The topological polar surface area (TPSA) is 75.8 Å². The Morgan fingerprint density at radius 1 is 1.33 bits per heavy atom. The minimum absolute atomic E-state index is 0.0376. The summed E-state index contributed by atoms with van der Waals surface area (Å²) in [6, 6.07) is 5.60. The van der Waals surface area contributed by atoms with Crippen molar-refractivity contribution in [1.29, 1.82) is 0 Å². The first-order valence-electron chi connectivity index (χ1n) is 7.23. The second-order valence-electron chi connectivity index (χ2n) is 5.33. The van der Waals surface area contributed by atoms with Crippen LogP contribution >= 0.6 is 0 Å². The van der Waals surface area contributed by atoms with E-state index >= 15 is 0 Å². The zero-order valence-electron chi connectivity index (χ0n) is 11.9. The SMILES string of the molecule is NC(=O)N(O)CCCCC1CCC(c2ccc(F)cc2)O1. The molecule has 0 saturated carbocycles. The molecule has 1 aromatic rings. The maximum Gasteiger partial charge on any atom is 0.338 e. The van der Waals surface area contributed by atoms with E-state index in [0.717, 1.165) is 31.2 Å². The molecule has 21 heavy (non-hydrogen) atoms. The molecule has 1 heterocycles. The van der Waals surface area contributed by atoms with Gasteiger partial charge in [0, 0.05) is 0 Å². The fraction of sp³-hybridized carbons (Fsp3) is 0.533. The third-order valence-electron chi connectivity index (χ3n) is 3.75. The number of benzene rings is 1. The molecular formula is C15H21FN2O3. The Kier molecular flexibility index (Phi) is 5.52. The lowest BCUT2D eigenvalue weighted by molar-refractivity contribution is -0.0412. The van der Waals surface area contributed by atoms with Crippen molar-refractivity contribution in [2.24, 2.45) is 5.73 Å². The van der Waals surface area contributed by atoms with Crippen LogP contribution in [0.2, 0.25) is 0 Å². The summed E-state index contributed by atoms with van der Waals surface area (Å²) in [7, 11) is 0. The van der Waals surface area contributed by atoms with E-state index in [9.17, 15) is 9.18 Å². The highest BCUT2D eigenvalue weighted by Gasteiger charge is 2.26. The molecule has 0 radical (unpaired) electrons. The van der Waals surface area contributed by atoms with Crippen molar-refractivity contribution in [3.05, 3.63) is 35.6 Å². The van der Waals surface area contributed by atoms with Gasteiger partial charge in [-0.25, -0.2) is 14.2 Å². The molecule has 1 saturated heterocycles. The van der Waals surface area contributed by atoms with Crippen LogP contribution in [-0.2, 0) is 4.74 Å². The molecular weight excluding hydrogens is 275 g/mol. The lowest BCUT2D eigenvalue weighted by Crippen LogP contribution is -2.33. The number of hydroxylamine groups is 2. The average molecular weight is 296 g/mol. The lowest BCUT2D eigenvalue weighted by Gasteiger charge is -2.15. The van der Waals surface area contributed by atoms with Gasteiger partial charge in [-0.15, -0.1) is 0 Å². The number of carbonyl (C=O) groups is 1. The van der Waals surface area contributed by atoms with Gasteiger partial charge in [0.25, 0.3) is 0 Å². The van der Waals surface area contributed by atoms with Gasteiger partial charge in [-0.1, -0.05) is 12.1 Å². The van der Waals surface area contributed by atoms with Crippen molar-refractivity contribution >= 4 is 6.03 Å². The molecule has 2 atom stereocenters. The third kappa shape index (κ3) is 4.68. The molecule has 6 heteroatoms.